The number of aromatic nitrogens is 2. The number of hydrogen-bond acceptors (Lipinski definition) is 7. The molecule has 1 aromatic heterocycles. The van der Waals surface area contributed by atoms with E-state index >= 15 is 0 Å². The Kier molecular flexibility index (Phi) is 6.81. The fourth-order valence-corrected chi connectivity index (χ4v) is 4.06. The van der Waals surface area contributed by atoms with Gasteiger partial charge in [-0.1, -0.05) is 35.2 Å². The van der Waals surface area contributed by atoms with Crippen LogP contribution in [0.1, 0.15) is 24.0 Å². The number of ether oxygens (including phenoxy) is 1. The minimum Gasteiger partial charge on any atom is -0.376 e. The van der Waals surface area contributed by atoms with Crippen molar-refractivity contribution < 1.29 is 13.9 Å². The van der Waals surface area contributed by atoms with E-state index in [0.29, 0.717) is 12.1 Å². The van der Waals surface area contributed by atoms with Crippen molar-refractivity contribution in [3.63, 3.8) is 0 Å². The summed E-state index contributed by atoms with van der Waals surface area (Å²) in [6.45, 7) is 3.57. The fraction of sp³-hybridized carbons (Fsp3) is 0.471. The second kappa shape index (κ2) is 9.29. The monoisotopic (exact) mass is 396 g/mol. The summed E-state index contributed by atoms with van der Waals surface area (Å²) in [5.74, 6) is -0.141. The maximum Gasteiger partial charge on any atom is 0.230 e. The summed E-state index contributed by atoms with van der Waals surface area (Å²) in [6.07, 6.45) is 2.42. The average Bonchev–Trinajstić information content (AvgIpc) is 3.30. The first-order valence-electron chi connectivity index (χ1n) is 8.43. The van der Waals surface area contributed by atoms with Crippen molar-refractivity contribution in [1.82, 2.24) is 15.5 Å². The van der Waals surface area contributed by atoms with Crippen LogP contribution in [-0.4, -0.2) is 41.1 Å². The van der Waals surface area contributed by atoms with Crippen molar-refractivity contribution in [3.8, 4) is 0 Å². The molecule has 1 saturated heterocycles. The molecule has 26 heavy (non-hydrogen) atoms. The van der Waals surface area contributed by atoms with E-state index in [0.717, 1.165) is 41.0 Å². The van der Waals surface area contributed by atoms with Gasteiger partial charge in [-0.3, -0.25) is 4.79 Å². The predicted octanol–water partition coefficient (Wildman–Crippen LogP) is 2.99. The first kappa shape index (κ1) is 19.1. The van der Waals surface area contributed by atoms with Gasteiger partial charge in [-0.25, -0.2) is 4.39 Å². The third-order valence-corrected chi connectivity index (χ3v) is 5.98. The number of rotatable bonds is 8. The Balaban J connectivity index is 1.38. The fourth-order valence-electron chi connectivity index (χ4n) is 2.47. The molecule has 2 N–H and O–H groups in total. The zero-order chi connectivity index (χ0) is 18.4. The molecule has 2 aromatic rings. The van der Waals surface area contributed by atoms with Gasteiger partial charge < -0.3 is 15.4 Å². The molecule has 1 atom stereocenters. The summed E-state index contributed by atoms with van der Waals surface area (Å²) in [7, 11) is 0. The van der Waals surface area contributed by atoms with Gasteiger partial charge in [0.2, 0.25) is 11.0 Å². The highest BCUT2D eigenvalue weighted by Gasteiger charge is 2.16. The van der Waals surface area contributed by atoms with E-state index in [4.69, 9.17) is 4.74 Å². The van der Waals surface area contributed by atoms with E-state index in [-0.39, 0.29) is 23.6 Å². The van der Waals surface area contributed by atoms with Crippen molar-refractivity contribution in [1.29, 1.82) is 0 Å². The highest BCUT2D eigenvalue weighted by molar-refractivity contribution is 8.01. The maximum absolute atomic E-state index is 13.5. The molecule has 0 aliphatic carbocycles. The summed E-state index contributed by atoms with van der Waals surface area (Å²) >= 11 is 2.76. The van der Waals surface area contributed by atoms with Gasteiger partial charge in [-0.2, -0.15) is 0 Å². The zero-order valence-electron chi connectivity index (χ0n) is 14.5. The van der Waals surface area contributed by atoms with Gasteiger partial charge in [0, 0.05) is 19.7 Å². The molecule has 2 heterocycles. The van der Waals surface area contributed by atoms with Crippen LogP contribution in [-0.2, 0) is 16.1 Å². The lowest BCUT2D eigenvalue weighted by atomic mass is 10.1. The SMILES string of the molecule is Cc1ccc(CNC(=O)CSc2nnc(NCC3CCCO3)s2)cc1F. The minimum atomic E-state index is -0.261. The Morgan fingerprint density at radius 2 is 2.35 bits per heavy atom. The smallest absolute Gasteiger partial charge is 0.230 e. The summed E-state index contributed by atoms with van der Waals surface area (Å²) in [6, 6.07) is 4.96. The highest BCUT2D eigenvalue weighted by Crippen LogP contribution is 2.25. The lowest BCUT2D eigenvalue weighted by molar-refractivity contribution is -0.118. The molecule has 0 spiro atoms. The van der Waals surface area contributed by atoms with E-state index in [1.165, 1.54) is 29.2 Å². The quantitative estimate of drug-likeness (QED) is 0.668. The summed E-state index contributed by atoms with van der Waals surface area (Å²) in [4.78, 5) is 11.9. The van der Waals surface area contributed by atoms with E-state index in [1.807, 2.05) is 6.07 Å². The van der Waals surface area contributed by atoms with Crippen LogP contribution in [0.2, 0.25) is 0 Å². The van der Waals surface area contributed by atoms with Gasteiger partial charge in [-0.15, -0.1) is 10.2 Å². The van der Waals surface area contributed by atoms with Gasteiger partial charge in [0.15, 0.2) is 4.34 Å². The van der Waals surface area contributed by atoms with Gasteiger partial charge in [-0.05, 0) is 37.0 Å². The molecular formula is C17H21FN4O2S2. The normalized spacial score (nSPS) is 16.6. The van der Waals surface area contributed by atoms with Crippen LogP contribution in [0.4, 0.5) is 9.52 Å². The highest BCUT2D eigenvalue weighted by atomic mass is 32.2. The minimum absolute atomic E-state index is 0.125. The van der Waals surface area contributed by atoms with Crippen LogP contribution >= 0.6 is 23.1 Å². The Hall–Kier alpha value is -1.71. The lowest BCUT2D eigenvalue weighted by Gasteiger charge is -2.08. The molecule has 1 aromatic carbocycles. The number of nitrogens with zero attached hydrogens (tertiary/aromatic N) is 2. The molecule has 1 amide bonds. The third-order valence-electron chi connectivity index (χ3n) is 3.96. The number of thioether (sulfide) groups is 1. The molecule has 140 valence electrons. The number of halogens is 1. The van der Waals surface area contributed by atoms with Gasteiger partial charge >= 0.3 is 0 Å². The first-order chi connectivity index (χ1) is 12.6. The van der Waals surface area contributed by atoms with Crippen molar-refractivity contribution in [3.05, 3.63) is 35.1 Å². The first-order valence-corrected chi connectivity index (χ1v) is 10.2. The number of hydrogen-bond donors (Lipinski definition) is 2. The van der Waals surface area contributed by atoms with E-state index in [2.05, 4.69) is 20.8 Å². The number of benzene rings is 1. The summed E-state index contributed by atoms with van der Waals surface area (Å²) < 4.78 is 19.8. The van der Waals surface area contributed by atoms with E-state index in [1.54, 1.807) is 13.0 Å². The van der Waals surface area contributed by atoms with Crippen LogP contribution in [0.3, 0.4) is 0 Å². The third kappa shape index (κ3) is 5.65. The van der Waals surface area contributed by atoms with E-state index in [9.17, 15) is 9.18 Å². The molecule has 9 heteroatoms. The second-order valence-corrected chi connectivity index (χ2v) is 8.24. The molecule has 1 aliphatic heterocycles. The zero-order valence-corrected chi connectivity index (χ0v) is 16.1. The van der Waals surface area contributed by atoms with Crippen LogP contribution in [0.5, 0.6) is 0 Å². The van der Waals surface area contributed by atoms with Gasteiger partial charge in [0.05, 0.1) is 11.9 Å². The number of anilines is 1. The number of amides is 1. The lowest BCUT2D eigenvalue weighted by Crippen LogP contribution is -2.24. The Morgan fingerprint density at radius 1 is 1.46 bits per heavy atom. The molecule has 0 saturated carbocycles. The molecular weight excluding hydrogens is 375 g/mol. The molecule has 6 nitrogen and oxygen atoms in total. The summed E-state index contributed by atoms with van der Waals surface area (Å²) in [5, 5.41) is 14.9. The number of aryl methyl sites for hydroxylation is 1. The Bertz CT molecular complexity index is 750. The number of carbonyl (C=O) groups excluding carboxylic acids is 1. The van der Waals surface area contributed by atoms with Crippen LogP contribution in [0.15, 0.2) is 22.5 Å². The average molecular weight is 397 g/mol. The van der Waals surface area contributed by atoms with Crippen LogP contribution < -0.4 is 10.6 Å². The molecule has 1 aliphatic rings. The molecule has 3 rings (SSSR count). The largest absolute Gasteiger partial charge is 0.376 e. The number of carbonyl (C=O) groups is 1. The van der Waals surface area contributed by atoms with Crippen molar-refractivity contribution >= 4 is 34.1 Å². The Morgan fingerprint density at radius 3 is 3.12 bits per heavy atom. The van der Waals surface area contributed by atoms with Crippen molar-refractivity contribution in [2.45, 2.75) is 36.8 Å². The maximum atomic E-state index is 13.5. The van der Waals surface area contributed by atoms with Gasteiger partial charge in [0.25, 0.3) is 0 Å². The Labute approximate surface area is 159 Å². The predicted molar refractivity (Wildman–Crippen MR) is 101 cm³/mol. The molecule has 0 radical (unpaired) electrons. The van der Waals surface area contributed by atoms with Crippen LogP contribution in [0, 0.1) is 12.7 Å². The van der Waals surface area contributed by atoms with Gasteiger partial charge in [0.1, 0.15) is 5.82 Å². The van der Waals surface area contributed by atoms with E-state index < -0.39 is 0 Å². The summed E-state index contributed by atoms with van der Waals surface area (Å²) in [5.41, 5.74) is 1.33. The molecule has 1 unspecified atom stereocenters. The number of nitrogens with one attached hydrogen (secondary N) is 2. The molecule has 1 fully saturated rings. The standard InChI is InChI=1S/C17H21FN4O2S2/c1-11-4-5-12(7-14(11)18)8-19-15(23)10-25-17-22-21-16(26-17)20-9-13-3-2-6-24-13/h4-5,7,13H,2-3,6,8-10H2,1H3,(H,19,23)(H,20,21). The van der Waals surface area contributed by atoms with Crippen LogP contribution in [0.25, 0.3) is 0 Å². The van der Waals surface area contributed by atoms with Crippen molar-refractivity contribution in [2.75, 3.05) is 24.2 Å². The topological polar surface area (TPSA) is 76.1 Å². The molecule has 0 bridgehead atoms. The van der Waals surface area contributed by atoms with Crippen molar-refractivity contribution in [2.24, 2.45) is 0 Å². The second-order valence-electron chi connectivity index (χ2n) is 6.04.